The van der Waals surface area contributed by atoms with Crippen LogP contribution in [0.2, 0.25) is 0 Å². The van der Waals surface area contributed by atoms with Crippen LogP contribution in [0.4, 0.5) is 0 Å². The second-order valence-electron chi connectivity index (χ2n) is 7.17. The first-order chi connectivity index (χ1) is 10.9. The predicted molar refractivity (Wildman–Crippen MR) is 102 cm³/mol. The summed E-state index contributed by atoms with van der Waals surface area (Å²) in [5.74, 6) is 0.727. The largest absolute Gasteiger partial charge is 0.289 e. The van der Waals surface area contributed by atoms with Gasteiger partial charge in [-0.05, 0) is 59.2 Å². The number of thiophene rings is 2. The fourth-order valence-electron chi connectivity index (χ4n) is 2.95. The predicted octanol–water partition coefficient (Wildman–Crippen LogP) is 6.30. The van der Waals surface area contributed by atoms with Crippen LogP contribution in [0.1, 0.15) is 43.4 Å². The number of rotatable bonds is 2. The molecule has 1 fully saturated rings. The fraction of sp³-hybridized carbons (Fsp3) is 0.350. The van der Waals surface area contributed by atoms with E-state index in [1.54, 1.807) is 22.7 Å². The highest BCUT2D eigenvalue weighted by Crippen LogP contribution is 2.42. The zero-order valence-corrected chi connectivity index (χ0v) is 15.5. The van der Waals surface area contributed by atoms with Gasteiger partial charge in [0, 0.05) is 20.9 Å². The number of allylic oxidation sites excluding steroid dienone is 2. The van der Waals surface area contributed by atoms with Crippen LogP contribution in [-0.4, -0.2) is 5.78 Å². The maximum Gasteiger partial charge on any atom is 0.185 e. The van der Waals surface area contributed by atoms with Crippen molar-refractivity contribution in [1.82, 2.24) is 0 Å². The molecule has 0 bridgehead atoms. The molecule has 2 aromatic heterocycles. The molecule has 1 nitrogen and oxygen atoms in total. The van der Waals surface area contributed by atoms with E-state index in [1.165, 1.54) is 9.75 Å². The van der Waals surface area contributed by atoms with Gasteiger partial charge < -0.3 is 0 Å². The van der Waals surface area contributed by atoms with Crippen molar-refractivity contribution in [2.45, 2.75) is 33.6 Å². The first kappa shape index (κ1) is 16.4. The molecule has 0 aliphatic heterocycles. The van der Waals surface area contributed by atoms with Crippen molar-refractivity contribution in [3.63, 3.8) is 0 Å². The SMILES string of the molecule is CC(C)(C)C1C/C(=C\c2cccs2)C(=O)/C(=C/c2cccs2)C1. The molecule has 0 spiro atoms. The van der Waals surface area contributed by atoms with Gasteiger partial charge in [0.2, 0.25) is 0 Å². The van der Waals surface area contributed by atoms with Gasteiger partial charge in [-0.3, -0.25) is 4.79 Å². The number of hydrogen-bond acceptors (Lipinski definition) is 3. The number of ketones is 1. The van der Waals surface area contributed by atoms with Gasteiger partial charge in [-0.15, -0.1) is 22.7 Å². The van der Waals surface area contributed by atoms with Gasteiger partial charge in [-0.2, -0.15) is 0 Å². The van der Waals surface area contributed by atoms with Crippen molar-refractivity contribution >= 4 is 40.6 Å². The number of carbonyl (C=O) groups excluding carboxylic acids is 1. The Morgan fingerprint density at radius 2 is 1.43 bits per heavy atom. The second kappa shape index (κ2) is 6.58. The minimum atomic E-state index is 0.198. The summed E-state index contributed by atoms with van der Waals surface area (Å²) in [4.78, 5) is 15.3. The molecule has 0 atom stereocenters. The van der Waals surface area contributed by atoms with Crippen molar-refractivity contribution in [1.29, 1.82) is 0 Å². The van der Waals surface area contributed by atoms with Crippen molar-refractivity contribution in [3.8, 4) is 0 Å². The molecule has 0 N–H and O–H groups in total. The van der Waals surface area contributed by atoms with Crippen LogP contribution < -0.4 is 0 Å². The highest BCUT2D eigenvalue weighted by molar-refractivity contribution is 7.11. The van der Waals surface area contributed by atoms with E-state index in [2.05, 4.69) is 55.8 Å². The van der Waals surface area contributed by atoms with Crippen LogP contribution >= 0.6 is 22.7 Å². The van der Waals surface area contributed by atoms with E-state index in [0.29, 0.717) is 5.92 Å². The third-order valence-corrected chi connectivity index (χ3v) is 6.10. The van der Waals surface area contributed by atoms with Crippen molar-refractivity contribution in [2.24, 2.45) is 11.3 Å². The second-order valence-corrected chi connectivity index (χ2v) is 9.13. The molecule has 0 saturated heterocycles. The summed E-state index contributed by atoms with van der Waals surface area (Å²) in [5, 5.41) is 4.12. The lowest BCUT2D eigenvalue weighted by Gasteiger charge is -2.35. The number of Topliss-reactive ketones (excluding diaryl/α,β-unsaturated/α-hetero) is 1. The zero-order chi connectivity index (χ0) is 16.4. The topological polar surface area (TPSA) is 17.1 Å². The fourth-order valence-corrected chi connectivity index (χ4v) is 4.31. The van der Waals surface area contributed by atoms with E-state index >= 15 is 0 Å². The van der Waals surface area contributed by atoms with Gasteiger partial charge >= 0.3 is 0 Å². The Morgan fingerprint density at radius 3 is 1.78 bits per heavy atom. The van der Waals surface area contributed by atoms with Gasteiger partial charge in [0.1, 0.15) is 0 Å². The van der Waals surface area contributed by atoms with Crippen LogP contribution in [0.3, 0.4) is 0 Å². The van der Waals surface area contributed by atoms with Gasteiger partial charge in [0.05, 0.1) is 0 Å². The third kappa shape index (κ3) is 3.91. The van der Waals surface area contributed by atoms with Crippen molar-refractivity contribution in [2.75, 3.05) is 0 Å². The standard InChI is InChI=1S/C20H22OS2/c1-20(2,3)16-10-14(12-17-6-4-8-22-17)19(21)15(11-16)13-18-7-5-9-23-18/h4-9,12-13,16H,10-11H2,1-3H3/b14-12+,15-13+. The Bertz CT molecular complexity index is 669. The van der Waals surface area contributed by atoms with Crippen LogP contribution in [-0.2, 0) is 4.79 Å². The summed E-state index contributed by atoms with van der Waals surface area (Å²) in [6, 6.07) is 8.23. The van der Waals surface area contributed by atoms with Crippen LogP contribution in [0.15, 0.2) is 46.2 Å². The molecule has 23 heavy (non-hydrogen) atoms. The molecular weight excluding hydrogens is 320 g/mol. The lowest BCUT2D eigenvalue weighted by atomic mass is 9.69. The Hall–Kier alpha value is -1.45. The Labute approximate surface area is 146 Å². The molecule has 3 heteroatoms. The molecular formula is C20H22OS2. The van der Waals surface area contributed by atoms with Gasteiger partial charge in [0.15, 0.2) is 5.78 Å². The summed E-state index contributed by atoms with van der Waals surface area (Å²) >= 11 is 3.38. The van der Waals surface area contributed by atoms with Crippen LogP contribution in [0.25, 0.3) is 12.2 Å². The van der Waals surface area contributed by atoms with Crippen LogP contribution in [0.5, 0.6) is 0 Å². The van der Waals surface area contributed by atoms with Gasteiger partial charge in [0.25, 0.3) is 0 Å². The minimum Gasteiger partial charge on any atom is -0.289 e. The third-order valence-electron chi connectivity index (χ3n) is 4.46. The average molecular weight is 343 g/mol. The minimum absolute atomic E-state index is 0.198. The van der Waals surface area contributed by atoms with Gasteiger partial charge in [-0.25, -0.2) is 0 Å². The molecule has 0 radical (unpaired) electrons. The molecule has 0 aromatic carbocycles. The normalized spacial score (nSPS) is 22.9. The first-order valence-corrected chi connectivity index (χ1v) is 9.72. The lowest BCUT2D eigenvalue weighted by molar-refractivity contribution is -0.113. The first-order valence-electron chi connectivity index (χ1n) is 7.96. The average Bonchev–Trinajstić information content (AvgIpc) is 3.15. The summed E-state index contributed by atoms with van der Waals surface area (Å²) in [7, 11) is 0. The van der Waals surface area contributed by atoms with Gasteiger partial charge in [-0.1, -0.05) is 32.9 Å². The maximum absolute atomic E-state index is 12.9. The maximum atomic E-state index is 12.9. The summed E-state index contributed by atoms with van der Waals surface area (Å²) in [6.07, 6.45) is 5.93. The quantitative estimate of drug-likeness (QED) is 0.585. The highest BCUT2D eigenvalue weighted by atomic mass is 32.1. The van der Waals surface area contributed by atoms with E-state index in [9.17, 15) is 4.79 Å². The van der Waals surface area contributed by atoms with E-state index in [0.717, 1.165) is 24.0 Å². The number of hydrogen-bond donors (Lipinski definition) is 0. The highest BCUT2D eigenvalue weighted by Gasteiger charge is 2.34. The Kier molecular flexibility index (Phi) is 4.69. The van der Waals surface area contributed by atoms with E-state index in [1.807, 2.05) is 12.1 Å². The molecule has 1 aliphatic carbocycles. The molecule has 0 unspecified atom stereocenters. The summed E-state index contributed by atoms with van der Waals surface area (Å²) in [6.45, 7) is 6.83. The lowest BCUT2D eigenvalue weighted by Crippen LogP contribution is -2.29. The molecule has 1 saturated carbocycles. The Morgan fingerprint density at radius 1 is 0.957 bits per heavy atom. The number of carbonyl (C=O) groups is 1. The summed E-state index contributed by atoms with van der Waals surface area (Å²) in [5.41, 5.74) is 2.12. The van der Waals surface area contributed by atoms with Crippen molar-refractivity contribution in [3.05, 3.63) is 55.9 Å². The van der Waals surface area contributed by atoms with Crippen LogP contribution in [0, 0.1) is 11.3 Å². The molecule has 0 amide bonds. The van der Waals surface area contributed by atoms with E-state index in [4.69, 9.17) is 0 Å². The molecule has 3 rings (SSSR count). The summed E-state index contributed by atoms with van der Waals surface area (Å²) < 4.78 is 0. The molecule has 2 heterocycles. The van der Waals surface area contributed by atoms with E-state index < -0.39 is 0 Å². The monoisotopic (exact) mass is 342 g/mol. The molecule has 120 valence electrons. The molecule has 2 aromatic rings. The molecule has 1 aliphatic rings. The smallest absolute Gasteiger partial charge is 0.185 e. The Balaban J connectivity index is 1.98. The zero-order valence-electron chi connectivity index (χ0n) is 13.8. The van der Waals surface area contributed by atoms with Crippen molar-refractivity contribution < 1.29 is 4.79 Å². The van der Waals surface area contributed by atoms with E-state index in [-0.39, 0.29) is 11.2 Å².